The predicted octanol–water partition coefficient (Wildman–Crippen LogP) is 4.22. The molecule has 2 N–H and O–H groups in total. The Kier molecular flexibility index (Phi) is 5.75. The van der Waals surface area contributed by atoms with Gasteiger partial charge < -0.3 is 15.4 Å². The number of amides is 1. The number of carbonyl (C=O) groups excluding carboxylic acids is 2. The molecule has 1 saturated heterocycles. The van der Waals surface area contributed by atoms with Gasteiger partial charge in [-0.3, -0.25) is 9.59 Å². The van der Waals surface area contributed by atoms with E-state index < -0.39 is 0 Å². The summed E-state index contributed by atoms with van der Waals surface area (Å²) < 4.78 is 5.41. The SMILES string of the molecule is CCOC(=O)CC1c2c(C)cccc2C2(CCNCC2)C1C(=O)NC1C2CC3CC(C2)CC1C3. The number of carbonyl (C=O) groups is 2. The lowest BCUT2D eigenvalue weighted by Crippen LogP contribution is -2.58. The maximum atomic E-state index is 14.4. The molecule has 1 aliphatic heterocycles. The second-order valence-electron chi connectivity index (χ2n) is 12.0. The molecule has 1 aromatic carbocycles. The summed E-state index contributed by atoms with van der Waals surface area (Å²) in [4.78, 5) is 27.1. The average Bonchev–Trinajstić information content (AvgIpc) is 3.06. The molecule has 1 heterocycles. The molecule has 34 heavy (non-hydrogen) atoms. The average molecular weight is 465 g/mol. The minimum atomic E-state index is -0.202. The van der Waals surface area contributed by atoms with Crippen LogP contribution in [0.25, 0.3) is 0 Å². The van der Waals surface area contributed by atoms with E-state index in [9.17, 15) is 9.59 Å². The van der Waals surface area contributed by atoms with Gasteiger partial charge in [0.15, 0.2) is 0 Å². The fraction of sp³-hybridized carbons (Fsp3) is 0.724. The third-order valence-electron chi connectivity index (χ3n) is 10.2. The molecule has 5 aliphatic carbocycles. The van der Waals surface area contributed by atoms with Crippen molar-refractivity contribution in [1.82, 2.24) is 10.6 Å². The number of ether oxygens (including phenoxy) is 1. The van der Waals surface area contributed by atoms with Crippen LogP contribution in [-0.2, 0) is 19.7 Å². The Morgan fingerprint density at radius 3 is 2.38 bits per heavy atom. The Labute approximate surface area is 203 Å². The molecule has 6 aliphatic rings. The zero-order chi connectivity index (χ0) is 23.4. The Morgan fingerprint density at radius 2 is 1.74 bits per heavy atom. The van der Waals surface area contributed by atoms with Crippen LogP contribution < -0.4 is 10.6 Å². The lowest BCUT2D eigenvalue weighted by atomic mass is 9.54. The van der Waals surface area contributed by atoms with Crippen LogP contribution in [0, 0.1) is 36.5 Å². The summed E-state index contributed by atoms with van der Waals surface area (Å²) in [7, 11) is 0. The van der Waals surface area contributed by atoms with Gasteiger partial charge in [0.05, 0.1) is 18.9 Å². The Balaban J connectivity index is 1.35. The Hall–Kier alpha value is -1.88. The lowest BCUT2D eigenvalue weighted by Gasteiger charge is -2.55. The van der Waals surface area contributed by atoms with Gasteiger partial charge in [0.1, 0.15) is 0 Å². The van der Waals surface area contributed by atoms with Crippen LogP contribution in [0.2, 0.25) is 0 Å². The van der Waals surface area contributed by atoms with E-state index in [2.05, 4.69) is 35.8 Å². The molecule has 0 aromatic heterocycles. The molecule has 184 valence electrons. The van der Waals surface area contributed by atoms with Gasteiger partial charge in [0, 0.05) is 17.4 Å². The highest BCUT2D eigenvalue weighted by atomic mass is 16.5. The first kappa shape index (κ1) is 22.6. The Bertz CT molecular complexity index is 938. The van der Waals surface area contributed by atoms with Gasteiger partial charge in [-0.05, 0) is 112 Å². The van der Waals surface area contributed by atoms with Crippen molar-refractivity contribution in [3.8, 4) is 0 Å². The largest absolute Gasteiger partial charge is 0.466 e. The molecule has 1 spiro atoms. The summed E-state index contributed by atoms with van der Waals surface area (Å²) in [6, 6.07) is 6.84. The van der Waals surface area contributed by atoms with Crippen molar-refractivity contribution in [1.29, 1.82) is 0 Å². The van der Waals surface area contributed by atoms with Crippen molar-refractivity contribution in [3.63, 3.8) is 0 Å². The highest BCUT2D eigenvalue weighted by Crippen LogP contribution is 2.58. The topological polar surface area (TPSA) is 67.4 Å². The molecular formula is C29H40N2O3. The summed E-state index contributed by atoms with van der Waals surface area (Å²) in [5.41, 5.74) is 3.56. The Morgan fingerprint density at radius 1 is 1.06 bits per heavy atom. The van der Waals surface area contributed by atoms with Crippen LogP contribution in [0.1, 0.15) is 80.9 Å². The van der Waals surface area contributed by atoms with Crippen molar-refractivity contribution in [3.05, 3.63) is 34.9 Å². The second kappa shape index (κ2) is 8.65. The molecule has 1 aromatic rings. The zero-order valence-corrected chi connectivity index (χ0v) is 20.8. The van der Waals surface area contributed by atoms with Gasteiger partial charge in [-0.1, -0.05) is 18.2 Å². The molecule has 5 nitrogen and oxygen atoms in total. The van der Waals surface area contributed by atoms with Crippen LogP contribution in [0.15, 0.2) is 18.2 Å². The van der Waals surface area contributed by atoms with E-state index in [1.54, 1.807) is 0 Å². The lowest BCUT2D eigenvalue weighted by molar-refractivity contribution is -0.144. The van der Waals surface area contributed by atoms with Crippen LogP contribution in [0.5, 0.6) is 0 Å². The highest BCUT2D eigenvalue weighted by Gasteiger charge is 2.57. The van der Waals surface area contributed by atoms with Gasteiger partial charge >= 0.3 is 5.97 Å². The number of hydrogen-bond acceptors (Lipinski definition) is 4. The van der Waals surface area contributed by atoms with Crippen molar-refractivity contribution in [2.75, 3.05) is 19.7 Å². The number of rotatable bonds is 5. The molecule has 4 bridgehead atoms. The fourth-order valence-electron chi connectivity index (χ4n) is 9.25. The number of piperidine rings is 1. The molecule has 2 atom stereocenters. The molecule has 2 unspecified atom stereocenters. The number of nitrogens with one attached hydrogen (secondary N) is 2. The van der Waals surface area contributed by atoms with E-state index in [0.29, 0.717) is 30.9 Å². The van der Waals surface area contributed by atoms with E-state index in [0.717, 1.165) is 37.8 Å². The minimum absolute atomic E-state index is 0.106. The molecule has 0 radical (unpaired) electrons. The van der Waals surface area contributed by atoms with E-state index >= 15 is 0 Å². The van der Waals surface area contributed by atoms with Gasteiger partial charge in [0.25, 0.3) is 0 Å². The minimum Gasteiger partial charge on any atom is -0.466 e. The summed E-state index contributed by atoms with van der Waals surface area (Å²) in [5.74, 6) is 2.79. The highest BCUT2D eigenvalue weighted by molar-refractivity contribution is 5.85. The normalized spacial score (nSPS) is 36.9. The number of benzene rings is 1. The fourth-order valence-corrected chi connectivity index (χ4v) is 9.25. The number of hydrogen-bond donors (Lipinski definition) is 2. The first-order valence-electron chi connectivity index (χ1n) is 13.8. The summed E-state index contributed by atoms with van der Waals surface area (Å²) in [5, 5.41) is 7.17. The van der Waals surface area contributed by atoms with Crippen molar-refractivity contribution in [2.24, 2.45) is 29.6 Å². The zero-order valence-electron chi connectivity index (χ0n) is 20.8. The van der Waals surface area contributed by atoms with E-state index in [1.165, 1.54) is 48.8 Å². The smallest absolute Gasteiger partial charge is 0.306 e. The van der Waals surface area contributed by atoms with Crippen molar-refractivity contribution < 1.29 is 14.3 Å². The summed E-state index contributed by atoms with van der Waals surface area (Å²) in [6.45, 7) is 6.22. The van der Waals surface area contributed by atoms with Gasteiger partial charge in [-0.25, -0.2) is 0 Å². The first-order valence-corrected chi connectivity index (χ1v) is 13.8. The number of esters is 1. The van der Waals surface area contributed by atoms with Crippen LogP contribution in [-0.4, -0.2) is 37.6 Å². The van der Waals surface area contributed by atoms with Gasteiger partial charge in [-0.2, -0.15) is 0 Å². The molecule has 1 amide bonds. The number of aryl methyl sites for hydroxylation is 1. The molecule has 5 heteroatoms. The number of fused-ring (bicyclic) bond motifs is 2. The summed E-state index contributed by atoms with van der Waals surface area (Å²) >= 11 is 0. The first-order chi connectivity index (χ1) is 16.5. The van der Waals surface area contributed by atoms with Crippen molar-refractivity contribution >= 4 is 11.9 Å². The monoisotopic (exact) mass is 464 g/mol. The summed E-state index contributed by atoms with van der Waals surface area (Å²) in [6.07, 6.45) is 8.79. The molecule has 5 fully saturated rings. The third-order valence-corrected chi connectivity index (χ3v) is 10.2. The van der Waals surface area contributed by atoms with Crippen LogP contribution in [0.4, 0.5) is 0 Å². The van der Waals surface area contributed by atoms with Crippen LogP contribution in [0.3, 0.4) is 0 Å². The molecule has 7 rings (SSSR count). The standard InChI is InChI=1S/C29H40N2O3/c1-3-34-24(32)16-22-25-17(2)5-4-6-23(25)29(7-9-30-10-8-29)26(22)28(33)31-27-20-12-18-11-19(14-20)15-21(27)13-18/h4-6,18-22,26-27,30H,3,7-16H2,1-2H3,(H,31,33). The van der Waals surface area contributed by atoms with Gasteiger partial charge in [0.2, 0.25) is 5.91 Å². The van der Waals surface area contributed by atoms with E-state index in [4.69, 9.17) is 4.74 Å². The molecule has 4 saturated carbocycles. The second-order valence-corrected chi connectivity index (χ2v) is 12.0. The maximum Gasteiger partial charge on any atom is 0.306 e. The maximum absolute atomic E-state index is 14.4. The van der Waals surface area contributed by atoms with E-state index in [1.807, 2.05) is 6.92 Å². The van der Waals surface area contributed by atoms with Gasteiger partial charge in [-0.15, -0.1) is 0 Å². The van der Waals surface area contributed by atoms with Crippen molar-refractivity contribution in [2.45, 2.75) is 82.6 Å². The third kappa shape index (κ3) is 3.53. The predicted molar refractivity (Wildman–Crippen MR) is 131 cm³/mol. The van der Waals surface area contributed by atoms with Crippen LogP contribution >= 0.6 is 0 Å². The molecular weight excluding hydrogens is 424 g/mol. The van der Waals surface area contributed by atoms with E-state index in [-0.39, 0.29) is 29.1 Å². The quantitative estimate of drug-likeness (QED) is 0.640.